The molecule has 4 rings (SSSR count). The van der Waals surface area contributed by atoms with Gasteiger partial charge in [0.15, 0.2) is 0 Å². The summed E-state index contributed by atoms with van der Waals surface area (Å²) in [5.74, 6) is 0.899. The van der Waals surface area contributed by atoms with Crippen molar-refractivity contribution in [1.29, 1.82) is 0 Å². The van der Waals surface area contributed by atoms with E-state index >= 15 is 0 Å². The van der Waals surface area contributed by atoms with Gasteiger partial charge >= 0.3 is 0 Å². The second-order valence-corrected chi connectivity index (χ2v) is 10.0. The van der Waals surface area contributed by atoms with E-state index in [4.69, 9.17) is 4.42 Å². The topological polar surface area (TPSA) is 105 Å². The predicted octanol–water partition coefficient (Wildman–Crippen LogP) is 3.55. The standard InChI is InChI=1S/C24H28N4O4S/c29-22(10-7-11-23-26-27-24(32-23)20-8-3-1-4-9-20)25-18-19-12-14-21(15-13-19)33(30,31)28-16-5-2-6-17-28/h1,3-4,8-9,12-15H,2,5-7,10-11,16-18H2,(H,25,29). The quantitative estimate of drug-likeness (QED) is 0.515. The molecule has 3 aromatic rings. The zero-order valence-corrected chi connectivity index (χ0v) is 19.3. The van der Waals surface area contributed by atoms with Gasteiger partial charge in [-0.15, -0.1) is 10.2 Å². The number of carbonyl (C=O) groups is 1. The van der Waals surface area contributed by atoms with E-state index in [1.54, 1.807) is 28.6 Å². The van der Waals surface area contributed by atoms with Crippen molar-refractivity contribution >= 4 is 15.9 Å². The lowest BCUT2D eigenvalue weighted by atomic mass is 10.2. The predicted molar refractivity (Wildman–Crippen MR) is 124 cm³/mol. The molecule has 0 spiro atoms. The average molecular weight is 469 g/mol. The van der Waals surface area contributed by atoms with Gasteiger partial charge in [0.2, 0.25) is 27.7 Å². The van der Waals surface area contributed by atoms with Crippen LogP contribution in [0.2, 0.25) is 0 Å². The molecule has 1 saturated heterocycles. The van der Waals surface area contributed by atoms with Gasteiger partial charge in [-0.2, -0.15) is 4.31 Å². The van der Waals surface area contributed by atoms with Gasteiger partial charge in [-0.05, 0) is 49.1 Å². The van der Waals surface area contributed by atoms with Gasteiger partial charge < -0.3 is 9.73 Å². The molecule has 2 heterocycles. The molecule has 0 aliphatic carbocycles. The molecule has 0 saturated carbocycles. The lowest BCUT2D eigenvalue weighted by Gasteiger charge is -2.25. The molecule has 0 atom stereocenters. The first-order valence-corrected chi connectivity index (χ1v) is 12.7. The van der Waals surface area contributed by atoms with Crippen LogP contribution in [0.1, 0.15) is 43.6 Å². The Morgan fingerprint density at radius 2 is 1.70 bits per heavy atom. The van der Waals surface area contributed by atoms with Crippen LogP contribution < -0.4 is 5.32 Å². The van der Waals surface area contributed by atoms with Crippen LogP contribution in [-0.4, -0.2) is 41.9 Å². The third kappa shape index (κ3) is 6.06. The summed E-state index contributed by atoms with van der Waals surface area (Å²) < 4.78 is 32.7. The molecule has 9 heteroatoms. The number of benzene rings is 2. The van der Waals surface area contributed by atoms with Crippen LogP contribution in [0.25, 0.3) is 11.5 Å². The Hall–Kier alpha value is -3.04. The van der Waals surface area contributed by atoms with E-state index in [1.165, 1.54) is 0 Å². The minimum absolute atomic E-state index is 0.0807. The van der Waals surface area contributed by atoms with E-state index in [-0.39, 0.29) is 5.91 Å². The summed E-state index contributed by atoms with van der Waals surface area (Å²) in [6, 6.07) is 16.3. The molecule has 8 nitrogen and oxygen atoms in total. The van der Waals surface area contributed by atoms with Crippen LogP contribution in [0, 0.1) is 0 Å². The number of piperidine rings is 1. The minimum Gasteiger partial charge on any atom is -0.421 e. The Labute approximate surface area is 194 Å². The van der Waals surface area contributed by atoms with Crippen molar-refractivity contribution in [2.75, 3.05) is 13.1 Å². The number of nitrogens with zero attached hydrogens (tertiary/aromatic N) is 3. The van der Waals surface area contributed by atoms with Crippen LogP contribution in [0.3, 0.4) is 0 Å². The summed E-state index contributed by atoms with van der Waals surface area (Å²) in [6.07, 6.45) is 4.35. The van der Waals surface area contributed by atoms with Gasteiger partial charge in [-0.3, -0.25) is 4.79 Å². The van der Waals surface area contributed by atoms with Crippen LogP contribution in [-0.2, 0) is 27.8 Å². The normalized spacial score (nSPS) is 14.8. The molecular formula is C24H28N4O4S. The second-order valence-electron chi connectivity index (χ2n) is 8.11. The van der Waals surface area contributed by atoms with E-state index in [1.807, 2.05) is 30.3 Å². The molecule has 1 aromatic heterocycles. The second kappa shape index (κ2) is 10.7. The SMILES string of the molecule is O=C(CCCc1nnc(-c2ccccc2)o1)NCc1ccc(S(=O)(=O)N2CCCCC2)cc1. The number of hydrogen-bond donors (Lipinski definition) is 1. The van der Waals surface area contributed by atoms with Crippen molar-refractivity contribution < 1.29 is 17.6 Å². The van der Waals surface area contributed by atoms with Crippen LogP contribution in [0.5, 0.6) is 0 Å². The van der Waals surface area contributed by atoms with E-state index in [9.17, 15) is 13.2 Å². The fourth-order valence-electron chi connectivity index (χ4n) is 3.77. The number of nitrogens with one attached hydrogen (secondary N) is 1. The number of amides is 1. The van der Waals surface area contributed by atoms with Gasteiger partial charge in [0, 0.05) is 38.0 Å². The summed E-state index contributed by atoms with van der Waals surface area (Å²) in [7, 11) is -3.44. The highest BCUT2D eigenvalue weighted by molar-refractivity contribution is 7.89. The number of sulfonamides is 1. The Balaban J connectivity index is 1.21. The number of aryl methyl sites for hydroxylation is 1. The lowest BCUT2D eigenvalue weighted by molar-refractivity contribution is -0.121. The van der Waals surface area contributed by atoms with Crippen LogP contribution >= 0.6 is 0 Å². The number of rotatable bonds is 9. The molecule has 1 amide bonds. The first-order valence-electron chi connectivity index (χ1n) is 11.3. The molecular weight excluding hydrogens is 440 g/mol. The summed E-state index contributed by atoms with van der Waals surface area (Å²) in [4.78, 5) is 12.5. The van der Waals surface area contributed by atoms with E-state index in [0.29, 0.717) is 55.6 Å². The molecule has 1 fully saturated rings. The molecule has 1 aliphatic rings. The Kier molecular flexibility index (Phi) is 7.51. The minimum atomic E-state index is -3.44. The van der Waals surface area contributed by atoms with Crippen LogP contribution in [0.15, 0.2) is 63.9 Å². The fraction of sp³-hybridized carbons (Fsp3) is 0.375. The highest BCUT2D eigenvalue weighted by Gasteiger charge is 2.25. The molecule has 0 radical (unpaired) electrons. The molecule has 174 valence electrons. The van der Waals surface area contributed by atoms with Gasteiger partial charge in [-0.25, -0.2) is 8.42 Å². The zero-order valence-electron chi connectivity index (χ0n) is 18.4. The number of aromatic nitrogens is 2. The third-order valence-electron chi connectivity index (χ3n) is 5.65. The fourth-order valence-corrected chi connectivity index (χ4v) is 5.29. The molecule has 0 unspecified atom stereocenters. The van der Waals surface area contributed by atoms with Gasteiger partial charge in [0.25, 0.3) is 0 Å². The monoisotopic (exact) mass is 468 g/mol. The Bertz CT molecular complexity index is 1150. The average Bonchev–Trinajstić information content (AvgIpc) is 3.33. The number of hydrogen-bond acceptors (Lipinski definition) is 6. The van der Waals surface area contributed by atoms with E-state index in [2.05, 4.69) is 15.5 Å². The van der Waals surface area contributed by atoms with E-state index in [0.717, 1.165) is 30.4 Å². The van der Waals surface area contributed by atoms with Crippen molar-refractivity contribution in [3.8, 4) is 11.5 Å². The number of carbonyl (C=O) groups excluding carboxylic acids is 1. The molecule has 1 N–H and O–H groups in total. The summed E-state index contributed by atoms with van der Waals surface area (Å²) in [5.41, 5.74) is 1.72. The first kappa shape index (κ1) is 23.1. The van der Waals surface area contributed by atoms with Crippen molar-refractivity contribution in [3.05, 3.63) is 66.1 Å². The van der Waals surface area contributed by atoms with Gasteiger partial charge in [0.05, 0.1) is 4.90 Å². The molecule has 2 aromatic carbocycles. The molecule has 0 bridgehead atoms. The van der Waals surface area contributed by atoms with Crippen molar-refractivity contribution in [2.45, 2.75) is 50.0 Å². The van der Waals surface area contributed by atoms with Gasteiger partial charge in [-0.1, -0.05) is 36.8 Å². The van der Waals surface area contributed by atoms with Crippen LogP contribution in [0.4, 0.5) is 0 Å². The maximum absolute atomic E-state index is 12.7. The highest BCUT2D eigenvalue weighted by Crippen LogP contribution is 2.21. The third-order valence-corrected chi connectivity index (χ3v) is 7.56. The van der Waals surface area contributed by atoms with Crippen molar-refractivity contribution in [2.24, 2.45) is 0 Å². The smallest absolute Gasteiger partial charge is 0.247 e. The van der Waals surface area contributed by atoms with Crippen molar-refractivity contribution in [1.82, 2.24) is 19.8 Å². The summed E-state index contributed by atoms with van der Waals surface area (Å²) in [6.45, 7) is 1.51. The maximum atomic E-state index is 12.7. The Morgan fingerprint density at radius 3 is 2.42 bits per heavy atom. The molecule has 33 heavy (non-hydrogen) atoms. The maximum Gasteiger partial charge on any atom is 0.247 e. The first-order chi connectivity index (χ1) is 16.0. The van der Waals surface area contributed by atoms with Gasteiger partial charge in [0.1, 0.15) is 0 Å². The Morgan fingerprint density at radius 1 is 0.970 bits per heavy atom. The van der Waals surface area contributed by atoms with Crippen molar-refractivity contribution in [3.63, 3.8) is 0 Å². The molecule has 1 aliphatic heterocycles. The zero-order chi connectivity index (χ0) is 23.1. The lowest BCUT2D eigenvalue weighted by Crippen LogP contribution is -2.35. The summed E-state index contributed by atoms with van der Waals surface area (Å²) in [5, 5.41) is 11.0. The largest absolute Gasteiger partial charge is 0.421 e. The summed E-state index contributed by atoms with van der Waals surface area (Å²) >= 11 is 0. The van der Waals surface area contributed by atoms with E-state index < -0.39 is 10.0 Å². The highest BCUT2D eigenvalue weighted by atomic mass is 32.2.